The molecule has 3 rings (SSSR count). The molecule has 0 radical (unpaired) electrons. The molecule has 0 amide bonds. The molecule has 0 aliphatic carbocycles. The van der Waals surface area contributed by atoms with Crippen LogP contribution < -0.4 is 14.9 Å². The normalized spacial score (nSPS) is 13.0. The quantitative estimate of drug-likeness (QED) is 0.350. The smallest absolute Gasteiger partial charge is 0.316 e. The van der Waals surface area contributed by atoms with E-state index in [1.54, 1.807) is 0 Å². The Morgan fingerprint density at radius 3 is 3.12 bits per heavy atom. The summed E-state index contributed by atoms with van der Waals surface area (Å²) in [4.78, 5) is 15.2. The zero-order valence-electron chi connectivity index (χ0n) is 13.0. The van der Waals surface area contributed by atoms with Crippen LogP contribution in [0.15, 0.2) is 28.5 Å². The van der Waals surface area contributed by atoms with E-state index < -0.39 is 0 Å². The average molecular weight is 349 g/mol. The lowest BCUT2D eigenvalue weighted by atomic mass is 10.1. The van der Waals surface area contributed by atoms with Crippen LogP contribution in [0.3, 0.4) is 0 Å². The lowest BCUT2D eigenvalue weighted by molar-refractivity contribution is -0.137. The Morgan fingerprint density at radius 1 is 1.46 bits per heavy atom. The predicted molar refractivity (Wildman–Crippen MR) is 87.5 cm³/mol. The number of aromatic nitrogens is 3. The Morgan fingerprint density at radius 2 is 2.29 bits per heavy atom. The average Bonchev–Trinajstić information content (AvgIpc) is 3.25. The number of esters is 1. The van der Waals surface area contributed by atoms with Crippen molar-refractivity contribution < 1.29 is 19.0 Å². The molecule has 1 aromatic heterocycles. The fourth-order valence-corrected chi connectivity index (χ4v) is 2.50. The second-order valence-corrected chi connectivity index (χ2v) is 5.65. The molecule has 2 heterocycles. The fourth-order valence-electron chi connectivity index (χ4n) is 1.87. The number of nitrogens with zero attached hydrogens (tertiary/aromatic N) is 3. The highest BCUT2D eigenvalue weighted by Gasteiger charge is 2.14. The summed E-state index contributed by atoms with van der Waals surface area (Å²) in [7, 11) is 1.33. The van der Waals surface area contributed by atoms with Crippen LogP contribution in [0, 0.1) is 0 Å². The molecule has 10 heteroatoms. The molecular formula is C14H15N5O4S. The summed E-state index contributed by atoms with van der Waals surface area (Å²) in [5.41, 5.74) is 4.43. The number of nitrogens with one attached hydrogen (secondary N) is 2. The molecule has 9 nitrogen and oxygen atoms in total. The number of rotatable bonds is 6. The molecule has 126 valence electrons. The van der Waals surface area contributed by atoms with Crippen LogP contribution in [0.5, 0.6) is 11.5 Å². The number of methoxy groups -OCH3 is 1. The van der Waals surface area contributed by atoms with Gasteiger partial charge in [0, 0.05) is 5.56 Å². The molecule has 0 unspecified atom stereocenters. The second-order valence-electron chi connectivity index (χ2n) is 4.71. The number of ether oxygens (including phenoxy) is 3. The number of hydrazone groups is 1. The van der Waals surface area contributed by atoms with Gasteiger partial charge in [0.25, 0.3) is 0 Å². The van der Waals surface area contributed by atoms with E-state index >= 15 is 0 Å². The first-order chi connectivity index (χ1) is 11.7. The van der Waals surface area contributed by atoms with Crippen molar-refractivity contribution in [1.82, 2.24) is 15.2 Å². The number of benzene rings is 1. The van der Waals surface area contributed by atoms with Gasteiger partial charge in [-0.15, -0.1) is 5.10 Å². The minimum atomic E-state index is -0.337. The van der Waals surface area contributed by atoms with Gasteiger partial charge in [-0.1, -0.05) is 11.8 Å². The zero-order valence-corrected chi connectivity index (χ0v) is 13.8. The Kier molecular flexibility index (Phi) is 4.85. The van der Waals surface area contributed by atoms with Gasteiger partial charge in [0.15, 0.2) is 11.5 Å². The molecule has 0 atom stereocenters. The maximum Gasteiger partial charge on any atom is 0.316 e. The molecule has 0 fully saturated rings. The number of carbonyl (C=O) groups excluding carboxylic acids is 1. The maximum atomic E-state index is 11.1. The maximum absolute atomic E-state index is 11.1. The summed E-state index contributed by atoms with van der Waals surface area (Å²) in [6, 6.07) is 5.60. The van der Waals surface area contributed by atoms with Crippen molar-refractivity contribution in [2.75, 3.05) is 25.1 Å². The number of anilines is 1. The van der Waals surface area contributed by atoms with E-state index in [9.17, 15) is 4.79 Å². The standard InChI is InChI=1S/C14H15N5O4S/c1-8(9-3-4-10-11(5-9)23-7-22-10)16-17-13-15-14(19-18-13)24-6-12(20)21-2/h3-5H,6-7H2,1-2H3,(H2,15,17,18,19)/b16-8+. The first kappa shape index (κ1) is 16.1. The highest BCUT2D eigenvalue weighted by atomic mass is 32.2. The predicted octanol–water partition coefficient (Wildman–Crippen LogP) is 1.63. The Labute approximate surface area is 141 Å². The van der Waals surface area contributed by atoms with E-state index in [2.05, 4.69) is 30.4 Å². The first-order valence-corrected chi connectivity index (χ1v) is 7.96. The van der Waals surface area contributed by atoms with E-state index in [0.29, 0.717) is 16.9 Å². The monoisotopic (exact) mass is 349 g/mol. The SMILES string of the molecule is COC(=O)CSc1n[nH]c(N/N=C(\C)c2ccc3c(c2)OCO3)n1. The summed E-state index contributed by atoms with van der Waals surface area (Å²) in [6.07, 6.45) is 0. The van der Waals surface area contributed by atoms with Crippen molar-refractivity contribution in [3.8, 4) is 11.5 Å². The van der Waals surface area contributed by atoms with Crippen LogP contribution in [0.2, 0.25) is 0 Å². The van der Waals surface area contributed by atoms with Gasteiger partial charge in [0.1, 0.15) is 0 Å². The summed E-state index contributed by atoms with van der Waals surface area (Å²) in [5.74, 6) is 1.61. The van der Waals surface area contributed by atoms with Crippen molar-refractivity contribution in [2.24, 2.45) is 5.10 Å². The molecular weight excluding hydrogens is 334 g/mol. The Bertz CT molecular complexity index is 776. The summed E-state index contributed by atoms with van der Waals surface area (Å²) < 4.78 is 15.2. The molecule has 2 aromatic rings. The number of fused-ring (bicyclic) bond motifs is 1. The number of carbonyl (C=O) groups is 1. The topological polar surface area (TPSA) is 111 Å². The zero-order chi connectivity index (χ0) is 16.9. The van der Waals surface area contributed by atoms with Crippen molar-refractivity contribution in [1.29, 1.82) is 0 Å². The van der Waals surface area contributed by atoms with Gasteiger partial charge in [-0.25, -0.2) is 10.5 Å². The van der Waals surface area contributed by atoms with Crippen LogP contribution in [0.1, 0.15) is 12.5 Å². The third-order valence-corrected chi connectivity index (χ3v) is 3.95. The first-order valence-electron chi connectivity index (χ1n) is 6.98. The summed E-state index contributed by atoms with van der Waals surface area (Å²) >= 11 is 1.17. The van der Waals surface area contributed by atoms with Crippen LogP contribution in [-0.2, 0) is 9.53 Å². The van der Waals surface area contributed by atoms with Gasteiger partial charge < -0.3 is 14.2 Å². The fraction of sp³-hybridized carbons (Fsp3) is 0.286. The molecule has 2 N–H and O–H groups in total. The number of H-pyrrole nitrogens is 1. The summed E-state index contributed by atoms with van der Waals surface area (Å²) in [5, 5.41) is 11.4. The van der Waals surface area contributed by atoms with Crippen molar-refractivity contribution in [3.63, 3.8) is 0 Å². The number of hydrogen-bond donors (Lipinski definition) is 2. The van der Waals surface area contributed by atoms with Gasteiger partial charge in [-0.05, 0) is 25.1 Å². The van der Waals surface area contributed by atoms with E-state index in [1.165, 1.54) is 18.9 Å². The van der Waals surface area contributed by atoms with Gasteiger partial charge in [-0.2, -0.15) is 10.1 Å². The van der Waals surface area contributed by atoms with Gasteiger partial charge >= 0.3 is 5.97 Å². The minimum absolute atomic E-state index is 0.146. The van der Waals surface area contributed by atoms with Crippen LogP contribution in [0.25, 0.3) is 0 Å². The van der Waals surface area contributed by atoms with Crippen LogP contribution >= 0.6 is 11.8 Å². The lowest BCUT2D eigenvalue weighted by Gasteiger charge is -2.02. The van der Waals surface area contributed by atoms with Crippen molar-refractivity contribution in [2.45, 2.75) is 12.1 Å². The largest absolute Gasteiger partial charge is 0.468 e. The van der Waals surface area contributed by atoms with E-state index in [-0.39, 0.29) is 18.5 Å². The second kappa shape index (κ2) is 7.21. The lowest BCUT2D eigenvalue weighted by Crippen LogP contribution is -2.03. The van der Waals surface area contributed by atoms with Crippen LogP contribution in [-0.4, -0.2) is 46.5 Å². The summed E-state index contributed by atoms with van der Waals surface area (Å²) in [6.45, 7) is 2.09. The number of thioether (sulfide) groups is 1. The van der Waals surface area contributed by atoms with Gasteiger partial charge in [0.2, 0.25) is 17.9 Å². The molecule has 1 aliphatic heterocycles. The molecule has 1 aromatic carbocycles. The molecule has 0 spiro atoms. The number of aromatic amines is 1. The van der Waals surface area contributed by atoms with Crippen molar-refractivity contribution in [3.05, 3.63) is 23.8 Å². The van der Waals surface area contributed by atoms with Crippen molar-refractivity contribution >= 4 is 29.4 Å². The van der Waals surface area contributed by atoms with Gasteiger partial charge in [0.05, 0.1) is 18.6 Å². The van der Waals surface area contributed by atoms with Crippen LogP contribution in [0.4, 0.5) is 5.95 Å². The Hall–Kier alpha value is -2.75. The van der Waals surface area contributed by atoms with E-state index in [1.807, 2.05) is 25.1 Å². The third kappa shape index (κ3) is 3.77. The minimum Gasteiger partial charge on any atom is -0.468 e. The highest BCUT2D eigenvalue weighted by Crippen LogP contribution is 2.32. The van der Waals surface area contributed by atoms with E-state index in [4.69, 9.17) is 9.47 Å². The third-order valence-electron chi connectivity index (χ3n) is 3.13. The molecule has 1 aliphatic rings. The molecule has 24 heavy (non-hydrogen) atoms. The van der Waals surface area contributed by atoms with Gasteiger partial charge in [-0.3, -0.25) is 4.79 Å². The molecule has 0 bridgehead atoms. The number of hydrogen-bond acceptors (Lipinski definition) is 9. The highest BCUT2D eigenvalue weighted by molar-refractivity contribution is 7.99. The Balaban J connectivity index is 1.61. The van der Waals surface area contributed by atoms with E-state index in [0.717, 1.165) is 17.0 Å². The molecule has 0 saturated heterocycles. The molecule has 0 saturated carbocycles.